The topological polar surface area (TPSA) is 143 Å². The molecule has 2 aliphatic heterocycles. The standard InChI is InChI=1S/C19H26N2O7/c1-18(15(24)14(23)13(10-22)28-18)16(25)21-9-5-8-19(21,20)17(26)27-11-12-6-3-2-4-7-12/h2-4,6-7,13-15,22-24H,5,8-11,20H2,1H3/t13-,14-,15-,18?,19?/m1/s1/i1D. The number of nitrogens with two attached hydrogens (primary N) is 1. The van der Waals surface area contributed by atoms with Gasteiger partial charge < -0.3 is 29.7 Å². The molecule has 0 saturated carbocycles. The molecule has 28 heavy (non-hydrogen) atoms. The zero-order valence-electron chi connectivity index (χ0n) is 16.4. The fraction of sp³-hybridized carbons (Fsp3) is 0.579. The molecule has 2 heterocycles. The van der Waals surface area contributed by atoms with Gasteiger partial charge in [0.05, 0.1) is 6.61 Å². The van der Waals surface area contributed by atoms with Crippen molar-refractivity contribution < 1.29 is 35.8 Å². The molecule has 154 valence electrons. The number of aliphatic hydroxyl groups is 3. The second kappa shape index (κ2) is 7.76. The maximum absolute atomic E-state index is 13.3. The quantitative estimate of drug-likeness (QED) is 0.459. The summed E-state index contributed by atoms with van der Waals surface area (Å²) < 4.78 is 18.5. The van der Waals surface area contributed by atoms with Gasteiger partial charge in [-0.1, -0.05) is 30.3 Å². The van der Waals surface area contributed by atoms with Gasteiger partial charge in [0.15, 0.2) is 11.3 Å². The molecule has 2 unspecified atom stereocenters. The van der Waals surface area contributed by atoms with Gasteiger partial charge in [-0.25, -0.2) is 4.79 Å². The van der Waals surface area contributed by atoms with Gasteiger partial charge in [0.25, 0.3) is 5.91 Å². The van der Waals surface area contributed by atoms with Crippen LogP contribution in [-0.4, -0.2) is 74.8 Å². The van der Waals surface area contributed by atoms with E-state index < -0.39 is 55.0 Å². The summed E-state index contributed by atoms with van der Waals surface area (Å²) >= 11 is 0. The molecule has 0 spiro atoms. The van der Waals surface area contributed by atoms with Crippen LogP contribution in [0, 0.1) is 0 Å². The van der Waals surface area contributed by atoms with E-state index >= 15 is 0 Å². The Morgan fingerprint density at radius 3 is 2.71 bits per heavy atom. The molecule has 0 aromatic heterocycles. The highest BCUT2D eigenvalue weighted by molar-refractivity contribution is 5.93. The van der Waals surface area contributed by atoms with Crippen LogP contribution in [-0.2, 0) is 25.7 Å². The second-order valence-corrected chi connectivity index (χ2v) is 7.21. The van der Waals surface area contributed by atoms with Gasteiger partial charge in [0, 0.05) is 7.92 Å². The van der Waals surface area contributed by atoms with Gasteiger partial charge in [0.1, 0.15) is 24.9 Å². The van der Waals surface area contributed by atoms with E-state index in [2.05, 4.69) is 0 Å². The number of aliphatic hydroxyl groups excluding tert-OH is 3. The third kappa shape index (κ3) is 3.40. The lowest BCUT2D eigenvalue weighted by atomic mass is 9.94. The first kappa shape index (κ1) is 19.3. The van der Waals surface area contributed by atoms with Crippen LogP contribution in [0.15, 0.2) is 30.3 Å². The predicted molar refractivity (Wildman–Crippen MR) is 96.5 cm³/mol. The van der Waals surface area contributed by atoms with Crippen LogP contribution >= 0.6 is 0 Å². The first-order valence-corrected chi connectivity index (χ1v) is 9.06. The molecule has 9 nitrogen and oxygen atoms in total. The molecule has 3 rings (SSSR count). The van der Waals surface area contributed by atoms with Crippen molar-refractivity contribution in [2.24, 2.45) is 5.73 Å². The van der Waals surface area contributed by atoms with Crippen LogP contribution < -0.4 is 5.73 Å². The van der Waals surface area contributed by atoms with E-state index in [1.807, 2.05) is 6.07 Å². The highest BCUT2D eigenvalue weighted by atomic mass is 16.6. The van der Waals surface area contributed by atoms with Gasteiger partial charge >= 0.3 is 5.97 Å². The third-order valence-electron chi connectivity index (χ3n) is 5.32. The maximum atomic E-state index is 13.3. The van der Waals surface area contributed by atoms with Crippen molar-refractivity contribution in [3.05, 3.63) is 35.9 Å². The lowest BCUT2D eigenvalue weighted by Crippen LogP contribution is -2.65. The molecule has 1 aromatic rings. The summed E-state index contributed by atoms with van der Waals surface area (Å²) in [5.74, 6) is -1.69. The first-order chi connectivity index (χ1) is 13.8. The van der Waals surface area contributed by atoms with Crippen molar-refractivity contribution in [2.45, 2.75) is 55.9 Å². The number of likely N-dealkylation sites (tertiary alicyclic amines) is 1. The van der Waals surface area contributed by atoms with E-state index in [4.69, 9.17) is 16.6 Å². The number of rotatable bonds is 5. The summed E-state index contributed by atoms with van der Waals surface area (Å²) in [6.07, 6.45) is -3.95. The first-order valence-electron chi connectivity index (χ1n) is 9.77. The number of hydrogen-bond acceptors (Lipinski definition) is 8. The molecule has 5 N–H and O–H groups in total. The van der Waals surface area contributed by atoms with E-state index in [1.165, 1.54) is 0 Å². The summed E-state index contributed by atoms with van der Waals surface area (Å²) in [7, 11) is 0. The van der Waals surface area contributed by atoms with Crippen molar-refractivity contribution in [1.29, 1.82) is 0 Å². The summed E-state index contributed by atoms with van der Waals surface area (Å²) in [6, 6.07) is 8.98. The molecular formula is C19H26N2O7. The van der Waals surface area contributed by atoms with Crippen molar-refractivity contribution in [3.8, 4) is 0 Å². The third-order valence-corrected chi connectivity index (χ3v) is 5.32. The Bertz CT molecular complexity index is 751. The van der Waals surface area contributed by atoms with Gasteiger partial charge in [-0.05, 0) is 25.3 Å². The molecule has 5 atom stereocenters. The summed E-state index contributed by atoms with van der Waals surface area (Å²) in [6.45, 7) is -1.27. The van der Waals surface area contributed by atoms with Crippen LogP contribution in [0.4, 0.5) is 0 Å². The molecule has 0 aliphatic carbocycles. The van der Waals surface area contributed by atoms with Gasteiger partial charge in [-0.2, -0.15) is 0 Å². The molecule has 0 radical (unpaired) electrons. The fourth-order valence-electron chi connectivity index (χ4n) is 3.62. The van der Waals surface area contributed by atoms with Crippen molar-refractivity contribution in [3.63, 3.8) is 0 Å². The van der Waals surface area contributed by atoms with Crippen LogP contribution in [0.3, 0.4) is 0 Å². The lowest BCUT2D eigenvalue weighted by Gasteiger charge is -2.38. The molecular weight excluding hydrogens is 368 g/mol. The van der Waals surface area contributed by atoms with Gasteiger partial charge in [-0.3, -0.25) is 10.5 Å². The Hall–Kier alpha value is -2.04. The number of amides is 1. The Kier molecular flexibility index (Phi) is 5.35. The SMILES string of the molecule is [2H]CC1(C(=O)N2CCCC2(N)C(=O)OCc2ccccc2)O[C@H](CO)[C@@H](O)[C@H]1O. The Labute approximate surface area is 164 Å². The minimum atomic E-state index is -2.12. The summed E-state index contributed by atoms with van der Waals surface area (Å²) in [5, 5.41) is 29.8. The minimum Gasteiger partial charge on any atom is -0.458 e. The smallest absolute Gasteiger partial charge is 0.347 e. The number of nitrogens with zero attached hydrogens (tertiary/aromatic N) is 1. The van der Waals surface area contributed by atoms with E-state index in [1.54, 1.807) is 24.3 Å². The molecule has 2 fully saturated rings. The second-order valence-electron chi connectivity index (χ2n) is 7.21. The Balaban J connectivity index is 1.79. The number of hydrogen-bond donors (Lipinski definition) is 4. The van der Waals surface area contributed by atoms with Gasteiger partial charge in [-0.15, -0.1) is 0 Å². The van der Waals surface area contributed by atoms with Crippen molar-refractivity contribution >= 4 is 11.9 Å². The predicted octanol–water partition coefficient (Wildman–Crippen LogP) is -1.12. The number of carbonyl (C=O) groups excluding carboxylic acids is 2. The number of benzene rings is 1. The fourth-order valence-corrected chi connectivity index (χ4v) is 3.62. The molecule has 0 bridgehead atoms. The van der Waals surface area contributed by atoms with Crippen LogP contribution in [0.2, 0.25) is 0 Å². The number of esters is 1. The summed E-state index contributed by atoms with van der Waals surface area (Å²) in [4.78, 5) is 27.0. The van der Waals surface area contributed by atoms with E-state index in [0.29, 0.717) is 6.42 Å². The monoisotopic (exact) mass is 395 g/mol. The molecule has 1 amide bonds. The highest BCUT2D eigenvalue weighted by Crippen LogP contribution is 2.36. The Morgan fingerprint density at radius 2 is 2.11 bits per heavy atom. The lowest BCUT2D eigenvalue weighted by molar-refractivity contribution is -0.177. The zero-order valence-corrected chi connectivity index (χ0v) is 15.4. The average Bonchev–Trinajstić information content (AvgIpc) is 3.26. The average molecular weight is 395 g/mol. The highest BCUT2D eigenvalue weighted by Gasteiger charge is 2.60. The normalized spacial score (nSPS) is 35.6. The maximum Gasteiger partial charge on any atom is 0.347 e. The summed E-state index contributed by atoms with van der Waals surface area (Å²) in [5.41, 5.74) is 3.11. The largest absolute Gasteiger partial charge is 0.458 e. The minimum absolute atomic E-state index is 0.0192. The van der Waals surface area contributed by atoms with Crippen LogP contribution in [0.5, 0.6) is 0 Å². The van der Waals surface area contributed by atoms with E-state index in [9.17, 15) is 24.9 Å². The Morgan fingerprint density at radius 1 is 1.39 bits per heavy atom. The van der Waals surface area contributed by atoms with E-state index in [0.717, 1.165) is 10.5 Å². The van der Waals surface area contributed by atoms with Crippen molar-refractivity contribution in [1.82, 2.24) is 4.90 Å². The number of carbonyl (C=O) groups is 2. The molecule has 2 saturated heterocycles. The molecule has 9 heteroatoms. The number of ether oxygens (including phenoxy) is 2. The van der Waals surface area contributed by atoms with E-state index in [-0.39, 0.29) is 19.6 Å². The van der Waals surface area contributed by atoms with Crippen LogP contribution in [0.1, 0.15) is 26.7 Å². The zero-order chi connectivity index (χ0) is 21.2. The molecule has 1 aromatic carbocycles. The molecule has 2 aliphatic rings. The van der Waals surface area contributed by atoms with Crippen molar-refractivity contribution in [2.75, 3.05) is 13.2 Å². The van der Waals surface area contributed by atoms with Crippen LogP contribution in [0.25, 0.3) is 0 Å². The van der Waals surface area contributed by atoms with Gasteiger partial charge in [0.2, 0.25) is 0 Å².